The van der Waals surface area contributed by atoms with Gasteiger partial charge in [-0.05, 0) is 37.4 Å². The van der Waals surface area contributed by atoms with E-state index in [0.29, 0.717) is 12.5 Å². The van der Waals surface area contributed by atoms with Crippen LogP contribution >= 0.6 is 0 Å². The predicted molar refractivity (Wildman–Crippen MR) is 56.7 cm³/mol. The van der Waals surface area contributed by atoms with E-state index in [0.717, 1.165) is 12.8 Å². The van der Waals surface area contributed by atoms with Crippen molar-refractivity contribution in [3.8, 4) is 0 Å². The van der Waals surface area contributed by atoms with Gasteiger partial charge in [0.2, 0.25) is 0 Å². The molecule has 88 valence electrons. The molecule has 1 aromatic rings. The quantitative estimate of drug-likeness (QED) is 0.856. The summed E-state index contributed by atoms with van der Waals surface area (Å²) in [7, 11) is 0. The van der Waals surface area contributed by atoms with E-state index in [1.54, 1.807) is 0 Å². The average molecular weight is 227 g/mol. The average Bonchev–Trinajstić information content (AvgIpc) is 2.19. The molecule has 0 atom stereocenters. The molecule has 0 aliphatic heterocycles. The first kappa shape index (κ1) is 11.5. The largest absolute Gasteiger partial charge is 0.373 e. The number of hydrogen-bond donors (Lipinski definition) is 1. The minimum Gasteiger partial charge on any atom is -0.373 e. The highest BCUT2D eigenvalue weighted by Crippen LogP contribution is 2.30. The smallest absolute Gasteiger partial charge is 0.131 e. The monoisotopic (exact) mass is 227 g/mol. The fourth-order valence-corrected chi connectivity index (χ4v) is 1.87. The Balaban J connectivity index is 1.86. The highest BCUT2D eigenvalue weighted by atomic mass is 19.1. The minimum absolute atomic E-state index is 0.000461. The second-order valence-electron chi connectivity index (χ2n) is 4.21. The number of nitrogens with two attached hydrogens (primary N) is 1. The van der Waals surface area contributed by atoms with Gasteiger partial charge in [0, 0.05) is 5.56 Å². The summed E-state index contributed by atoms with van der Waals surface area (Å²) >= 11 is 0. The van der Waals surface area contributed by atoms with Crippen molar-refractivity contribution in [3.63, 3.8) is 0 Å². The zero-order valence-corrected chi connectivity index (χ0v) is 8.96. The Morgan fingerprint density at radius 1 is 1.25 bits per heavy atom. The van der Waals surface area contributed by atoms with Crippen LogP contribution in [0.1, 0.15) is 18.4 Å². The lowest BCUT2D eigenvalue weighted by atomic mass is 9.82. The Morgan fingerprint density at radius 3 is 2.44 bits per heavy atom. The van der Waals surface area contributed by atoms with Gasteiger partial charge in [-0.3, -0.25) is 0 Å². The van der Waals surface area contributed by atoms with Gasteiger partial charge in [-0.25, -0.2) is 8.78 Å². The molecule has 0 spiro atoms. The molecule has 0 heterocycles. The fraction of sp³-hybridized carbons (Fsp3) is 0.500. The molecule has 1 saturated carbocycles. The van der Waals surface area contributed by atoms with Crippen molar-refractivity contribution < 1.29 is 13.5 Å². The third-order valence-corrected chi connectivity index (χ3v) is 3.05. The molecular formula is C12H15F2NO. The van der Waals surface area contributed by atoms with Crippen LogP contribution in [0.3, 0.4) is 0 Å². The normalized spacial score (nSPS) is 24.2. The lowest BCUT2D eigenvalue weighted by Crippen LogP contribution is -2.35. The summed E-state index contributed by atoms with van der Waals surface area (Å²) in [6, 6.07) is 3.83. The summed E-state index contributed by atoms with van der Waals surface area (Å²) in [6.07, 6.45) is 1.90. The van der Waals surface area contributed by atoms with Gasteiger partial charge < -0.3 is 10.5 Å². The molecule has 0 unspecified atom stereocenters. The van der Waals surface area contributed by atoms with Crippen LogP contribution in [0.15, 0.2) is 18.2 Å². The van der Waals surface area contributed by atoms with E-state index in [4.69, 9.17) is 10.5 Å². The first-order valence-corrected chi connectivity index (χ1v) is 5.45. The summed E-state index contributed by atoms with van der Waals surface area (Å²) in [4.78, 5) is 0. The van der Waals surface area contributed by atoms with Crippen molar-refractivity contribution in [3.05, 3.63) is 35.4 Å². The van der Waals surface area contributed by atoms with Gasteiger partial charge >= 0.3 is 0 Å². The molecule has 16 heavy (non-hydrogen) atoms. The lowest BCUT2D eigenvalue weighted by Gasteiger charge is -2.34. The van der Waals surface area contributed by atoms with Crippen molar-refractivity contribution in [1.82, 2.24) is 0 Å². The first-order valence-electron chi connectivity index (χ1n) is 5.45. The van der Waals surface area contributed by atoms with Crippen molar-refractivity contribution in [2.75, 3.05) is 6.54 Å². The molecule has 0 radical (unpaired) electrons. The Kier molecular flexibility index (Phi) is 3.51. The van der Waals surface area contributed by atoms with Crippen LogP contribution < -0.4 is 5.73 Å². The fourth-order valence-electron chi connectivity index (χ4n) is 1.87. The third-order valence-electron chi connectivity index (χ3n) is 3.05. The van der Waals surface area contributed by atoms with E-state index < -0.39 is 11.6 Å². The van der Waals surface area contributed by atoms with Crippen LogP contribution in [0, 0.1) is 17.6 Å². The van der Waals surface area contributed by atoms with E-state index >= 15 is 0 Å². The zero-order chi connectivity index (χ0) is 11.5. The molecule has 2 N–H and O–H groups in total. The Morgan fingerprint density at radius 2 is 1.88 bits per heavy atom. The molecule has 1 aliphatic carbocycles. The number of benzene rings is 1. The van der Waals surface area contributed by atoms with Gasteiger partial charge in [0.15, 0.2) is 0 Å². The van der Waals surface area contributed by atoms with E-state index in [1.807, 2.05) is 0 Å². The molecule has 2 rings (SSSR count). The van der Waals surface area contributed by atoms with E-state index in [-0.39, 0.29) is 18.3 Å². The van der Waals surface area contributed by atoms with Crippen molar-refractivity contribution in [2.24, 2.45) is 11.7 Å². The van der Waals surface area contributed by atoms with Crippen LogP contribution in [0.4, 0.5) is 8.78 Å². The molecule has 0 bridgehead atoms. The second kappa shape index (κ2) is 4.89. The number of halogens is 2. The Labute approximate surface area is 93.4 Å². The summed E-state index contributed by atoms with van der Waals surface area (Å²) < 4.78 is 31.9. The molecule has 2 nitrogen and oxygen atoms in total. The Hall–Kier alpha value is -1.00. The molecular weight excluding hydrogens is 212 g/mol. The first-order chi connectivity index (χ1) is 7.70. The van der Waals surface area contributed by atoms with Gasteiger partial charge in [0.1, 0.15) is 11.6 Å². The summed E-state index contributed by atoms with van der Waals surface area (Å²) in [5, 5.41) is 0. The van der Waals surface area contributed by atoms with Crippen molar-refractivity contribution >= 4 is 0 Å². The van der Waals surface area contributed by atoms with Crippen molar-refractivity contribution in [1.29, 1.82) is 0 Å². The SMILES string of the molecule is NCC1CC(OCc2c(F)cccc2F)C1. The summed E-state index contributed by atoms with van der Waals surface area (Å²) in [5.74, 6) is -0.583. The van der Waals surface area contributed by atoms with Crippen molar-refractivity contribution in [2.45, 2.75) is 25.6 Å². The van der Waals surface area contributed by atoms with Crippen LogP contribution in [-0.2, 0) is 11.3 Å². The molecule has 1 fully saturated rings. The van der Waals surface area contributed by atoms with Gasteiger partial charge in [0.25, 0.3) is 0 Å². The van der Waals surface area contributed by atoms with E-state index in [9.17, 15) is 8.78 Å². The maximum atomic E-state index is 13.2. The molecule has 0 amide bonds. The summed E-state index contributed by atoms with van der Waals surface area (Å²) in [6.45, 7) is 0.661. The van der Waals surface area contributed by atoms with Crippen LogP contribution in [0.2, 0.25) is 0 Å². The number of hydrogen-bond acceptors (Lipinski definition) is 2. The maximum absolute atomic E-state index is 13.2. The minimum atomic E-state index is -0.547. The highest BCUT2D eigenvalue weighted by Gasteiger charge is 2.28. The van der Waals surface area contributed by atoms with E-state index in [2.05, 4.69) is 0 Å². The number of rotatable bonds is 4. The third kappa shape index (κ3) is 2.39. The Bertz CT molecular complexity index is 344. The lowest BCUT2D eigenvalue weighted by molar-refractivity contribution is -0.0393. The van der Waals surface area contributed by atoms with E-state index in [1.165, 1.54) is 18.2 Å². The molecule has 1 aliphatic rings. The number of ether oxygens (including phenoxy) is 1. The van der Waals surface area contributed by atoms with Crippen LogP contribution in [-0.4, -0.2) is 12.6 Å². The second-order valence-corrected chi connectivity index (χ2v) is 4.21. The summed E-state index contributed by atoms with van der Waals surface area (Å²) in [5.41, 5.74) is 5.49. The van der Waals surface area contributed by atoms with Gasteiger partial charge in [-0.2, -0.15) is 0 Å². The predicted octanol–water partition coefficient (Wildman–Crippen LogP) is 2.22. The molecule has 0 saturated heterocycles. The van der Waals surface area contributed by atoms with Gasteiger partial charge in [-0.15, -0.1) is 0 Å². The van der Waals surface area contributed by atoms with Crippen LogP contribution in [0.25, 0.3) is 0 Å². The molecule has 0 aromatic heterocycles. The highest BCUT2D eigenvalue weighted by molar-refractivity contribution is 5.18. The van der Waals surface area contributed by atoms with Gasteiger partial charge in [0.05, 0.1) is 12.7 Å². The standard InChI is InChI=1S/C12H15F2NO/c13-11-2-1-3-12(14)10(11)7-16-9-4-8(5-9)6-15/h1-3,8-9H,4-7,15H2. The molecule has 1 aromatic carbocycles. The maximum Gasteiger partial charge on any atom is 0.131 e. The topological polar surface area (TPSA) is 35.2 Å². The zero-order valence-electron chi connectivity index (χ0n) is 8.96. The van der Waals surface area contributed by atoms with Crippen LogP contribution in [0.5, 0.6) is 0 Å². The molecule has 4 heteroatoms. The van der Waals surface area contributed by atoms with Gasteiger partial charge in [-0.1, -0.05) is 6.07 Å².